The van der Waals surface area contributed by atoms with E-state index in [2.05, 4.69) is 55.8 Å². The molecule has 19 heteroatoms. The molecule has 3 aliphatic heterocycles. The predicted molar refractivity (Wildman–Crippen MR) is 247 cm³/mol. The molecule has 0 saturated carbocycles. The van der Waals surface area contributed by atoms with E-state index in [9.17, 15) is 17.6 Å². The Hall–Kier alpha value is -5.31. The number of nitrogens with zero attached hydrogens (tertiary/aromatic N) is 8. The summed E-state index contributed by atoms with van der Waals surface area (Å²) in [5, 5.41) is 0. The standard InChI is InChI=1S/C21H23BF2N2O2.C21H18F2N4O.C6H7BrN2O.Pd/c1-20(2)21(3,4)28-22(27-20)18-11-8-13(12-25-18)16-9-10-17(26-16)19-14(23)6-5-7-15(19)24;1-2-28-21-25-11-14(12-26-21)17-7-6-13(10-24-17)18-8-9-19(27-18)20-15(22)4-3-5-16(20)23;1-2-10-6-8-3-5(7)4-9-6;/h5-8,11-12,16H,9-10H2,1-4H3;3-7,10-12,18H,2,8-9H2,1H3;3-4H,2H2,1H3;. The molecule has 0 bridgehead atoms. The van der Waals surface area contributed by atoms with E-state index in [1.165, 1.54) is 36.4 Å². The van der Waals surface area contributed by atoms with Gasteiger partial charge in [0.1, 0.15) is 23.3 Å². The number of aliphatic imine (C=N–C) groups is 2. The Bertz CT molecular complexity index is 2610. The smallest absolute Gasteiger partial charge is 0.464 e. The molecule has 6 aromatic rings. The molecule has 2 aromatic carbocycles. The molecule has 2 unspecified atom stereocenters. The monoisotopic (exact) mass is 1070 g/mol. The molecule has 0 radical (unpaired) electrons. The molecule has 0 aliphatic carbocycles. The van der Waals surface area contributed by atoms with E-state index in [4.69, 9.17) is 18.8 Å². The van der Waals surface area contributed by atoms with Crippen LogP contribution in [-0.2, 0) is 29.7 Å². The van der Waals surface area contributed by atoms with Gasteiger partial charge in [-0.05, 0) is 131 Å². The first kappa shape index (κ1) is 51.1. The summed E-state index contributed by atoms with van der Waals surface area (Å²) in [5.41, 5.74) is 4.05. The Morgan fingerprint density at radius 2 is 1.03 bits per heavy atom. The van der Waals surface area contributed by atoms with E-state index in [0.717, 1.165) is 26.9 Å². The van der Waals surface area contributed by atoms with Crippen molar-refractivity contribution in [2.24, 2.45) is 9.98 Å². The molecular weight excluding hydrogens is 1030 g/mol. The number of benzene rings is 2. The van der Waals surface area contributed by atoms with Crippen molar-refractivity contribution in [1.82, 2.24) is 29.9 Å². The maximum Gasteiger partial charge on any atom is 0.514 e. The molecule has 3 aliphatic rings. The Balaban J connectivity index is 0.000000182. The molecule has 0 amide bonds. The summed E-state index contributed by atoms with van der Waals surface area (Å²) in [7, 11) is -0.519. The van der Waals surface area contributed by atoms with Crippen LogP contribution in [0.25, 0.3) is 11.3 Å². The van der Waals surface area contributed by atoms with Gasteiger partial charge in [-0.15, -0.1) is 0 Å². The van der Waals surface area contributed by atoms with Crippen molar-refractivity contribution in [2.75, 3.05) is 13.2 Å². The second-order valence-corrected chi connectivity index (χ2v) is 17.3. The van der Waals surface area contributed by atoms with Crippen LogP contribution in [0.1, 0.15) is 102 Å². The molecule has 2 atom stereocenters. The van der Waals surface area contributed by atoms with Gasteiger partial charge in [-0.2, -0.15) is 0 Å². The molecular formula is C48H48BBrF4N8O4Pd. The van der Waals surface area contributed by atoms with Gasteiger partial charge in [-0.25, -0.2) is 37.5 Å². The number of hydrogen-bond donors (Lipinski definition) is 0. The van der Waals surface area contributed by atoms with Gasteiger partial charge < -0.3 is 18.8 Å². The average molecular weight is 1070 g/mol. The molecule has 1 fully saturated rings. The third-order valence-electron chi connectivity index (χ3n) is 11.4. The van der Waals surface area contributed by atoms with Gasteiger partial charge in [0.2, 0.25) is 0 Å². The summed E-state index contributed by atoms with van der Waals surface area (Å²) < 4.78 is 79.2. The van der Waals surface area contributed by atoms with Crippen LogP contribution in [-0.4, -0.2) is 72.9 Å². The Morgan fingerprint density at radius 3 is 1.43 bits per heavy atom. The van der Waals surface area contributed by atoms with Crippen LogP contribution in [0.15, 0.2) is 112 Å². The minimum Gasteiger partial charge on any atom is -0.464 e. The molecule has 67 heavy (non-hydrogen) atoms. The number of aromatic nitrogens is 6. The van der Waals surface area contributed by atoms with E-state index in [1.807, 2.05) is 65.8 Å². The van der Waals surface area contributed by atoms with Crippen LogP contribution in [0.5, 0.6) is 12.0 Å². The summed E-state index contributed by atoms with van der Waals surface area (Å²) in [4.78, 5) is 34.1. The van der Waals surface area contributed by atoms with E-state index >= 15 is 0 Å². The van der Waals surface area contributed by atoms with Gasteiger partial charge in [0.05, 0.1) is 63.4 Å². The molecule has 352 valence electrons. The summed E-state index contributed by atoms with van der Waals surface area (Å²) >= 11 is 3.22. The fraction of sp³-hybridized carbons (Fsp3) is 0.333. The largest absolute Gasteiger partial charge is 0.514 e. The Kier molecular flexibility index (Phi) is 17.3. The van der Waals surface area contributed by atoms with Crippen molar-refractivity contribution in [2.45, 2.75) is 90.5 Å². The first-order valence-corrected chi connectivity index (χ1v) is 22.3. The topological polar surface area (TPSA) is 139 Å². The van der Waals surface area contributed by atoms with Crippen molar-refractivity contribution in [3.63, 3.8) is 0 Å². The quantitative estimate of drug-likeness (QED) is 0.0963. The second kappa shape index (κ2) is 22.7. The molecule has 1 saturated heterocycles. The van der Waals surface area contributed by atoms with Crippen molar-refractivity contribution in [1.29, 1.82) is 0 Å². The SMILES string of the molecule is CC1(C)OB(c2ccc(C3CCC(c4c(F)cccc4F)=N3)cn2)OC1(C)C.CCOc1ncc(-c2ccc(C3CCC(c4c(F)cccc4F)=N3)cn2)cn1.CCOc1ncc(Br)cn1.[Pd]. The fourth-order valence-electron chi connectivity index (χ4n) is 7.24. The van der Waals surface area contributed by atoms with Crippen molar-refractivity contribution in [3.05, 3.63) is 148 Å². The Morgan fingerprint density at radius 1 is 0.597 bits per heavy atom. The van der Waals surface area contributed by atoms with Gasteiger partial charge >= 0.3 is 19.1 Å². The summed E-state index contributed by atoms with van der Waals surface area (Å²) in [6, 6.07) is 15.8. The molecule has 9 rings (SSSR count). The van der Waals surface area contributed by atoms with Crippen LogP contribution in [0, 0.1) is 23.3 Å². The summed E-state index contributed by atoms with van der Waals surface area (Å²) in [6.07, 6.45) is 12.5. The number of pyridine rings is 2. The predicted octanol–water partition coefficient (Wildman–Crippen LogP) is 10.2. The van der Waals surface area contributed by atoms with Crippen LogP contribution < -0.4 is 15.1 Å². The van der Waals surface area contributed by atoms with Crippen LogP contribution in [0.4, 0.5) is 17.6 Å². The van der Waals surface area contributed by atoms with Gasteiger partial charge in [0.15, 0.2) is 0 Å². The third kappa shape index (κ3) is 12.4. The normalized spacial score (nSPS) is 17.8. The molecule has 12 nitrogen and oxygen atoms in total. The average Bonchev–Trinajstić information content (AvgIpc) is 4.04. The van der Waals surface area contributed by atoms with Crippen molar-refractivity contribution in [3.8, 4) is 23.3 Å². The molecule has 0 N–H and O–H groups in total. The fourth-order valence-corrected chi connectivity index (χ4v) is 7.44. The minimum absolute atomic E-state index is 0. The van der Waals surface area contributed by atoms with Gasteiger partial charge in [-0.3, -0.25) is 20.0 Å². The van der Waals surface area contributed by atoms with E-state index in [0.29, 0.717) is 67.9 Å². The molecule has 7 heterocycles. The summed E-state index contributed by atoms with van der Waals surface area (Å²) in [5.74, 6) is -2.31. The first-order valence-electron chi connectivity index (χ1n) is 21.5. The second-order valence-electron chi connectivity index (χ2n) is 16.3. The number of hydrogen-bond acceptors (Lipinski definition) is 12. The molecule has 4 aromatic heterocycles. The van der Waals surface area contributed by atoms with Crippen LogP contribution >= 0.6 is 15.9 Å². The van der Waals surface area contributed by atoms with E-state index in [-0.39, 0.29) is 43.6 Å². The van der Waals surface area contributed by atoms with Crippen LogP contribution in [0.2, 0.25) is 0 Å². The van der Waals surface area contributed by atoms with Gasteiger partial charge in [0.25, 0.3) is 0 Å². The maximum absolute atomic E-state index is 14.0. The van der Waals surface area contributed by atoms with Gasteiger partial charge in [0, 0.05) is 74.6 Å². The number of rotatable bonds is 10. The van der Waals surface area contributed by atoms with Crippen LogP contribution in [0.3, 0.4) is 0 Å². The zero-order valence-electron chi connectivity index (χ0n) is 37.6. The number of ether oxygens (including phenoxy) is 2. The van der Waals surface area contributed by atoms with Crippen molar-refractivity contribution >= 4 is 40.1 Å². The zero-order valence-corrected chi connectivity index (χ0v) is 40.8. The molecule has 0 spiro atoms. The van der Waals surface area contributed by atoms with E-state index in [1.54, 1.807) is 37.2 Å². The maximum atomic E-state index is 14.0. The van der Waals surface area contributed by atoms with Crippen molar-refractivity contribution < 1.29 is 56.8 Å². The third-order valence-corrected chi connectivity index (χ3v) is 11.8. The number of halogens is 5. The first-order chi connectivity index (χ1) is 31.7. The summed E-state index contributed by atoms with van der Waals surface area (Å²) in [6.45, 7) is 12.9. The van der Waals surface area contributed by atoms with Gasteiger partial charge in [-0.1, -0.05) is 24.3 Å². The zero-order chi connectivity index (χ0) is 47.0. The van der Waals surface area contributed by atoms with E-state index < -0.39 is 41.6 Å². The Labute approximate surface area is 409 Å². The minimum atomic E-state index is -0.580.